The van der Waals surface area contributed by atoms with Crippen LogP contribution in [-0.4, -0.2) is 28.1 Å². The van der Waals surface area contributed by atoms with E-state index in [1.807, 2.05) is 0 Å². The first-order valence-corrected chi connectivity index (χ1v) is 11.8. The molecule has 1 aromatic rings. The molecule has 0 aliphatic heterocycles. The highest BCUT2D eigenvalue weighted by molar-refractivity contribution is 6.44. The van der Waals surface area contributed by atoms with E-state index in [1.165, 1.54) is 37.7 Å². The van der Waals surface area contributed by atoms with Crippen molar-refractivity contribution in [2.75, 3.05) is 6.61 Å². The van der Waals surface area contributed by atoms with E-state index in [0.29, 0.717) is 0 Å². The predicted octanol–water partition coefficient (Wildman–Crippen LogP) is 5.57. The van der Waals surface area contributed by atoms with E-state index in [2.05, 4.69) is 52.0 Å². The van der Waals surface area contributed by atoms with Gasteiger partial charge in [0.05, 0.1) is 6.61 Å². The summed E-state index contributed by atoms with van der Waals surface area (Å²) >= 11 is 0. The third-order valence-electron chi connectivity index (χ3n) is 4.66. The van der Waals surface area contributed by atoms with Crippen LogP contribution in [0.1, 0.15) is 77.7 Å². The van der Waals surface area contributed by atoms with Gasteiger partial charge in [0, 0.05) is 12.2 Å². The molecule has 0 unspecified atom stereocenters. The van der Waals surface area contributed by atoms with Gasteiger partial charge in [0.1, 0.15) is 5.75 Å². The van der Waals surface area contributed by atoms with Crippen LogP contribution < -0.4 is 4.74 Å². The Bertz CT molecular complexity index is 457. The lowest BCUT2D eigenvalue weighted by molar-refractivity contribution is 0.128. The van der Waals surface area contributed by atoms with Crippen molar-refractivity contribution in [2.24, 2.45) is 0 Å². The molecule has 0 radical (unpaired) electrons. The fraction of sp³-hybridized carbons (Fsp3) is 0.714. The molecule has 1 aliphatic rings. The lowest BCUT2D eigenvalue weighted by Gasteiger charge is -2.22. The molecular formula is C21H36O3Si. The Kier molecular flexibility index (Phi) is 9.00. The number of benzene rings is 1. The summed E-state index contributed by atoms with van der Waals surface area (Å²) in [5.74, 6) is 1.74. The molecule has 1 fully saturated rings. The van der Waals surface area contributed by atoms with E-state index in [9.17, 15) is 0 Å². The van der Waals surface area contributed by atoms with Crippen LogP contribution in [0.4, 0.5) is 0 Å². The predicted molar refractivity (Wildman–Crippen MR) is 107 cm³/mol. The fourth-order valence-electron chi connectivity index (χ4n) is 3.49. The largest absolute Gasteiger partial charge is 0.494 e. The Morgan fingerprint density at radius 3 is 2.08 bits per heavy atom. The van der Waals surface area contributed by atoms with Crippen molar-refractivity contribution >= 4 is 9.28 Å². The highest BCUT2D eigenvalue weighted by Gasteiger charge is 2.17. The zero-order valence-electron chi connectivity index (χ0n) is 16.5. The summed E-state index contributed by atoms with van der Waals surface area (Å²) in [6.07, 6.45) is 8.32. The molecule has 0 spiro atoms. The normalized spacial score (nSPS) is 16.1. The SMILES string of the molecule is CC(C)O[SiH](CCCOc1ccc(C2CCCCC2)cc1)OC(C)C. The van der Waals surface area contributed by atoms with Crippen LogP contribution in [0, 0.1) is 0 Å². The molecular weight excluding hydrogens is 328 g/mol. The van der Waals surface area contributed by atoms with Gasteiger partial charge >= 0.3 is 9.28 Å². The minimum absolute atomic E-state index is 0.240. The first-order chi connectivity index (χ1) is 12.0. The fourth-order valence-corrected chi connectivity index (χ4v) is 5.54. The van der Waals surface area contributed by atoms with Gasteiger partial charge in [-0.25, -0.2) is 0 Å². The first kappa shape index (κ1) is 20.5. The summed E-state index contributed by atoms with van der Waals surface area (Å²) in [5, 5.41) is 0. The van der Waals surface area contributed by atoms with E-state index in [4.69, 9.17) is 13.6 Å². The van der Waals surface area contributed by atoms with Crippen molar-refractivity contribution in [3.05, 3.63) is 29.8 Å². The van der Waals surface area contributed by atoms with Crippen LogP contribution in [0.25, 0.3) is 0 Å². The molecule has 142 valence electrons. The Labute approximate surface area is 155 Å². The second-order valence-corrected chi connectivity index (χ2v) is 9.67. The van der Waals surface area contributed by atoms with Crippen LogP contribution in [-0.2, 0) is 8.85 Å². The summed E-state index contributed by atoms with van der Waals surface area (Å²) in [6, 6.07) is 9.78. The van der Waals surface area contributed by atoms with E-state index < -0.39 is 9.28 Å². The summed E-state index contributed by atoms with van der Waals surface area (Å²) < 4.78 is 17.8. The van der Waals surface area contributed by atoms with E-state index in [0.717, 1.165) is 30.7 Å². The van der Waals surface area contributed by atoms with Crippen molar-refractivity contribution < 1.29 is 13.6 Å². The molecule has 25 heavy (non-hydrogen) atoms. The molecule has 0 saturated heterocycles. The second-order valence-electron chi connectivity index (χ2n) is 7.69. The summed E-state index contributed by atoms with van der Waals surface area (Å²) in [5.41, 5.74) is 1.48. The molecule has 2 rings (SSSR count). The molecule has 0 aromatic heterocycles. The lowest BCUT2D eigenvalue weighted by Crippen LogP contribution is -2.29. The number of ether oxygens (including phenoxy) is 1. The summed E-state index contributed by atoms with van der Waals surface area (Å²) in [7, 11) is -1.58. The maximum Gasteiger partial charge on any atom is 0.321 e. The molecule has 0 atom stereocenters. The van der Waals surface area contributed by atoms with Gasteiger partial charge in [0.2, 0.25) is 0 Å². The van der Waals surface area contributed by atoms with E-state index >= 15 is 0 Å². The van der Waals surface area contributed by atoms with Crippen molar-refractivity contribution in [3.8, 4) is 5.75 Å². The van der Waals surface area contributed by atoms with Gasteiger partial charge in [-0.05, 0) is 76.6 Å². The Morgan fingerprint density at radius 2 is 1.52 bits per heavy atom. The highest BCUT2D eigenvalue weighted by atomic mass is 28.3. The monoisotopic (exact) mass is 364 g/mol. The Morgan fingerprint density at radius 1 is 0.920 bits per heavy atom. The minimum Gasteiger partial charge on any atom is -0.494 e. The molecule has 1 aliphatic carbocycles. The van der Waals surface area contributed by atoms with Gasteiger partial charge < -0.3 is 13.6 Å². The third kappa shape index (κ3) is 7.93. The number of hydrogen-bond acceptors (Lipinski definition) is 3. The molecule has 1 aromatic carbocycles. The van der Waals surface area contributed by atoms with E-state index in [1.54, 1.807) is 0 Å². The molecule has 0 bridgehead atoms. The number of hydrogen-bond donors (Lipinski definition) is 0. The third-order valence-corrected chi connectivity index (χ3v) is 7.23. The number of rotatable bonds is 10. The van der Waals surface area contributed by atoms with Gasteiger partial charge in [0.15, 0.2) is 0 Å². The maximum absolute atomic E-state index is 5.96. The van der Waals surface area contributed by atoms with Crippen LogP contribution in [0.3, 0.4) is 0 Å². The van der Waals surface area contributed by atoms with Crippen molar-refractivity contribution in [3.63, 3.8) is 0 Å². The quantitative estimate of drug-likeness (QED) is 0.401. The van der Waals surface area contributed by atoms with Crippen molar-refractivity contribution in [1.82, 2.24) is 0 Å². The molecule has 0 amide bonds. The molecule has 4 heteroatoms. The van der Waals surface area contributed by atoms with Gasteiger partial charge in [0.25, 0.3) is 0 Å². The van der Waals surface area contributed by atoms with Crippen LogP contribution >= 0.6 is 0 Å². The average Bonchev–Trinajstić information content (AvgIpc) is 2.59. The van der Waals surface area contributed by atoms with Crippen LogP contribution in [0.5, 0.6) is 5.75 Å². The van der Waals surface area contributed by atoms with Gasteiger partial charge in [-0.1, -0.05) is 31.4 Å². The Hall–Kier alpha value is -0.843. The Balaban J connectivity index is 1.71. The zero-order chi connectivity index (χ0) is 18.1. The summed E-state index contributed by atoms with van der Waals surface area (Å²) in [4.78, 5) is 0. The molecule has 0 N–H and O–H groups in total. The highest BCUT2D eigenvalue weighted by Crippen LogP contribution is 2.33. The molecule has 1 saturated carbocycles. The molecule has 0 heterocycles. The topological polar surface area (TPSA) is 27.7 Å². The van der Waals surface area contributed by atoms with Crippen molar-refractivity contribution in [2.45, 2.75) is 90.4 Å². The van der Waals surface area contributed by atoms with Crippen LogP contribution in [0.15, 0.2) is 24.3 Å². The zero-order valence-corrected chi connectivity index (χ0v) is 17.7. The van der Waals surface area contributed by atoms with E-state index in [-0.39, 0.29) is 12.2 Å². The maximum atomic E-state index is 5.96. The average molecular weight is 365 g/mol. The van der Waals surface area contributed by atoms with Crippen LogP contribution in [0.2, 0.25) is 6.04 Å². The van der Waals surface area contributed by atoms with Gasteiger partial charge in [-0.2, -0.15) is 0 Å². The summed E-state index contributed by atoms with van der Waals surface area (Å²) in [6.45, 7) is 9.04. The lowest BCUT2D eigenvalue weighted by atomic mass is 9.84. The second kappa shape index (κ2) is 11.0. The smallest absolute Gasteiger partial charge is 0.321 e. The first-order valence-electron chi connectivity index (χ1n) is 10.1. The van der Waals surface area contributed by atoms with Gasteiger partial charge in [-0.15, -0.1) is 0 Å². The standard InChI is InChI=1S/C21H36O3Si/c1-17(2)23-25(24-18(3)4)16-8-15-22-21-13-11-20(12-14-21)19-9-6-5-7-10-19/h11-14,17-19,25H,5-10,15-16H2,1-4H3. The van der Waals surface area contributed by atoms with Crippen molar-refractivity contribution in [1.29, 1.82) is 0 Å². The molecule has 3 nitrogen and oxygen atoms in total. The van der Waals surface area contributed by atoms with Gasteiger partial charge in [-0.3, -0.25) is 0 Å². The minimum atomic E-state index is -1.58.